The van der Waals surface area contributed by atoms with Crippen LogP contribution >= 0.6 is 22.7 Å². The third-order valence-electron chi connectivity index (χ3n) is 13.4. The lowest BCUT2D eigenvalue weighted by Gasteiger charge is -2.37. The summed E-state index contributed by atoms with van der Waals surface area (Å²) in [4.78, 5) is 12.0. The minimum atomic E-state index is -3.01. The first-order chi connectivity index (χ1) is 31.0. The molecule has 7 heteroatoms. The number of ether oxygens (including phenoxy) is 1. The molecule has 0 N–H and O–H groups in total. The van der Waals surface area contributed by atoms with Crippen molar-refractivity contribution < 1.29 is 13.0 Å². The van der Waals surface area contributed by atoms with Gasteiger partial charge in [0, 0.05) is 35.9 Å². The summed E-state index contributed by atoms with van der Waals surface area (Å²) in [6, 6.07) is 36.6. The van der Waals surface area contributed by atoms with E-state index in [0.717, 1.165) is 137 Å². The first kappa shape index (κ1) is 28.0. The van der Waals surface area contributed by atoms with E-state index in [4.69, 9.17) is 14.7 Å². The summed E-state index contributed by atoms with van der Waals surface area (Å²) >= 11 is 3.24. The lowest BCUT2D eigenvalue weighted by atomic mass is 9.72. The first-order valence-corrected chi connectivity index (χ1v) is 22.3. The molecule has 0 atom stereocenters. The van der Waals surface area contributed by atoms with Crippen molar-refractivity contribution in [2.75, 3.05) is 0 Å². The minimum absolute atomic E-state index is 0.166. The highest BCUT2D eigenvalue weighted by Crippen LogP contribution is 2.55. The summed E-state index contributed by atoms with van der Waals surface area (Å²) in [5.74, 6) is 1.03. The van der Waals surface area contributed by atoms with Crippen molar-refractivity contribution in [3.8, 4) is 33.8 Å². The molecule has 1 aliphatic heterocycles. The topological polar surface area (TPSA) is 43.8 Å². The van der Waals surface area contributed by atoms with Crippen LogP contribution in [0.15, 0.2) is 109 Å². The zero-order valence-corrected chi connectivity index (χ0v) is 33.4. The smallest absolute Gasteiger partial charge is 0.195 e. The molecule has 0 saturated heterocycles. The van der Waals surface area contributed by atoms with Crippen molar-refractivity contribution >= 4 is 75.1 Å². The van der Waals surface area contributed by atoms with Crippen LogP contribution in [0.2, 0.25) is 0 Å². The fourth-order valence-electron chi connectivity index (χ4n) is 10.7. The Kier molecular flexibility index (Phi) is 5.92. The molecular weight excluding hydrogens is 749 g/mol. The average molecular weight is 797 g/mol. The Labute approximate surface area is 353 Å². The van der Waals surface area contributed by atoms with E-state index in [1.54, 1.807) is 22.7 Å². The van der Waals surface area contributed by atoms with Gasteiger partial charge in [-0.15, -0.1) is 0 Å². The number of imidazole rings is 2. The van der Waals surface area contributed by atoms with E-state index in [-0.39, 0.29) is 23.0 Å². The number of para-hydroxylation sites is 4. The van der Waals surface area contributed by atoms with Crippen LogP contribution in [0.4, 0.5) is 0 Å². The predicted octanol–water partition coefficient (Wildman–Crippen LogP) is 14.8. The van der Waals surface area contributed by atoms with Crippen LogP contribution in [0.3, 0.4) is 0 Å². The molecule has 5 heterocycles. The van der Waals surface area contributed by atoms with Gasteiger partial charge in [-0.2, -0.15) is 0 Å². The van der Waals surface area contributed by atoms with E-state index in [0.29, 0.717) is 11.5 Å². The minimum Gasteiger partial charge on any atom is -0.457 e. The molecule has 58 heavy (non-hydrogen) atoms. The molecule has 3 aliphatic rings. The number of fused-ring (bicyclic) bond motifs is 12. The van der Waals surface area contributed by atoms with E-state index < -0.39 is 19.1 Å². The van der Waals surface area contributed by atoms with E-state index in [2.05, 4.69) is 51.3 Å². The Balaban J connectivity index is 1.09. The Morgan fingerprint density at radius 1 is 0.586 bits per heavy atom. The molecular formula is C51H42N4OS2. The fourth-order valence-corrected chi connectivity index (χ4v) is 12.9. The molecule has 0 radical (unpaired) electrons. The van der Waals surface area contributed by atoms with E-state index >= 15 is 0 Å². The quantitative estimate of drug-likeness (QED) is 0.178. The zero-order valence-electron chi connectivity index (χ0n) is 37.7. The third-order valence-corrected chi connectivity index (χ3v) is 15.5. The molecule has 5 nitrogen and oxygen atoms in total. The summed E-state index contributed by atoms with van der Waals surface area (Å²) in [6.45, 7) is -6.03. The standard InChI is InChI=1S/C51H42N4OS2/c1-51(2)37-25-35(31-17-11-22-42-47(31)53-50-55(42)41-21-9-10-24-46(41)57-50)33(29-13-3-4-14-29)27-44(37)56-45-28-34(30-15-5-6-16-30)36(26-38(45)51)32-18-12-23-43-48(32)58-49-52-39-19-7-8-20-40(39)54(43)49/h7-12,17-30H,3-6,13-16H2,1-2H3/i1D3,2D3. The van der Waals surface area contributed by atoms with Gasteiger partial charge < -0.3 is 4.74 Å². The van der Waals surface area contributed by atoms with Crippen molar-refractivity contribution in [2.24, 2.45) is 0 Å². The predicted molar refractivity (Wildman–Crippen MR) is 242 cm³/mol. The van der Waals surface area contributed by atoms with E-state index in [1.165, 1.54) is 0 Å². The van der Waals surface area contributed by atoms with Gasteiger partial charge in [0.2, 0.25) is 0 Å². The molecule has 2 saturated carbocycles. The molecule has 0 amide bonds. The molecule has 0 unspecified atom stereocenters. The molecule has 284 valence electrons. The molecule has 0 bridgehead atoms. The number of hydrogen-bond donors (Lipinski definition) is 0. The fraction of sp³-hybridized carbons (Fsp3) is 0.255. The van der Waals surface area contributed by atoms with Gasteiger partial charge in [-0.25, -0.2) is 9.97 Å². The Morgan fingerprint density at radius 3 is 1.90 bits per heavy atom. The molecule has 2 fully saturated rings. The summed E-state index contributed by atoms with van der Waals surface area (Å²) in [7, 11) is 0. The van der Waals surface area contributed by atoms with Crippen molar-refractivity contribution in [1.29, 1.82) is 0 Å². The van der Waals surface area contributed by atoms with Gasteiger partial charge in [0.15, 0.2) is 9.92 Å². The Bertz CT molecular complexity index is 3330. The highest BCUT2D eigenvalue weighted by Gasteiger charge is 2.38. The SMILES string of the molecule is [2H]C([2H])([2H])C1(C([2H])([2H])[2H])c2cc(-c3cccc4c3nc3sc5ccccc5n34)c(C3CCCC3)cc2Oc2cc(C3CCCC3)c(-c3cccc4c3sc3nc5ccccc5n34)cc21. The maximum atomic E-state index is 9.50. The molecule has 4 aromatic heterocycles. The second-order valence-corrected chi connectivity index (χ2v) is 18.6. The van der Waals surface area contributed by atoms with Crippen molar-refractivity contribution in [1.82, 2.24) is 18.8 Å². The second kappa shape index (κ2) is 12.3. The van der Waals surface area contributed by atoms with Crippen LogP contribution in [0.5, 0.6) is 11.5 Å². The second-order valence-electron chi connectivity index (χ2n) is 16.6. The number of thiazole rings is 2. The largest absolute Gasteiger partial charge is 0.457 e. The number of nitrogens with zero attached hydrogens (tertiary/aromatic N) is 4. The van der Waals surface area contributed by atoms with Crippen molar-refractivity contribution in [3.05, 3.63) is 131 Å². The van der Waals surface area contributed by atoms with Gasteiger partial charge in [-0.05, 0) is 120 Å². The lowest BCUT2D eigenvalue weighted by Crippen LogP contribution is -2.25. The molecule has 13 rings (SSSR count). The Hall–Kier alpha value is -5.50. The summed E-state index contributed by atoms with van der Waals surface area (Å²) in [5.41, 5.74) is 9.27. The third kappa shape index (κ3) is 4.69. The number of benzene rings is 6. The van der Waals surface area contributed by atoms with Gasteiger partial charge in [0.05, 0.1) is 42.5 Å². The van der Waals surface area contributed by atoms with Crippen LogP contribution in [0.1, 0.15) is 107 Å². The van der Waals surface area contributed by atoms with Gasteiger partial charge >= 0.3 is 0 Å². The van der Waals surface area contributed by atoms with Gasteiger partial charge in [-0.1, -0.05) is 111 Å². The van der Waals surface area contributed by atoms with E-state index in [1.807, 2.05) is 66.7 Å². The monoisotopic (exact) mass is 796 g/mol. The highest BCUT2D eigenvalue weighted by molar-refractivity contribution is 7.24. The Morgan fingerprint density at radius 2 is 1.17 bits per heavy atom. The molecule has 2 aliphatic carbocycles. The molecule has 0 spiro atoms. The van der Waals surface area contributed by atoms with Crippen LogP contribution < -0.4 is 4.74 Å². The molecule has 6 aromatic carbocycles. The zero-order chi connectivity index (χ0) is 43.3. The van der Waals surface area contributed by atoms with Gasteiger partial charge in [0.25, 0.3) is 0 Å². The maximum Gasteiger partial charge on any atom is 0.195 e. The number of rotatable bonds is 4. The van der Waals surface area contributed by atoms with E-state index in [9.17, 15) is 8.22 Å². The van der Waals surface area contributed by atoms with Crippen molar-refractivity contribution in [2.45, 2.75) is 82.3 Å². The van der Waals surface area contributed by atoms with Crippen LogP contribution in [0, 0.1) is 0 Å². The summed E-state index contributed by atoms with van der Waals surface area (Å²) in [5, 5.41) is 0. The molecule has 10 aromatic rings. The summed E-state index contributed by atoms with van der Waals surface area (Å²) in [6.07, 6.45) is 8.29. The summed E-state index contributed by atoms with van der Waals surface area (Å²) < 4.78 is 70.5. The first-order valence-electron chi connectivity index (χ1n) is 23.6. The average Bonchev–Trinajstić information content (AvgIpc) is 4.14. The lowest BCUT2D eigenvalue weighted by molar-refractivity contribution is 0.416. The normalized spacial score (nSPS) is 19.0. The number of hydrogen-bond acceptors (Lipinski definition) is 5. The van der Waals surface area contributed by atoms with Crippen LogP contribution in [-0.2, 0) is 5.41 Å². The van der Waals surface area contributed by atoms with Crippen LogP contribution in [-0.4, -0.2) is 18.8 Å². The maximum absolute atomic E-state index is 9.50. The van der Waals surface area contributed by atoms with Crippen LogP contribution in [0.25, 0.3) is 74.7 Å². The highest BCUT2D eigenvalue weighted by atomic mass is 32.1. The van der Waals surface area contributed by atoms with Crippen molar-refractivity contribution in [3.63, 3.8) is 0 Å². The number of aromatic nitrogens is 4. The van der Waals surface area contributed by atoms with Gasteiger partial charge in [0.1, 0.15) is 11.5 Å². The van der Waals surface area contributed by atoms with Gasteiger partial charge in [-0.3, -0.25) is 8.80 Å².